The number of hydrogen-bond donors (Lipinski definition) is 2. The van der Waals surface area contributed by atoms with E-state index in [4.69, 9.17) is 5.11 Å². The van der Waals surface area contributed by atoms with Crippen molar-refractivity contribution in [2.45, 2.75) is 13.3 Å². The summed E-state index contributed by atoms with van der Waals surface area (Å²) in [5.41, 5.74) is -1.05. The van der Waals surface area contributed by atoms with Gasteiger partial charge in [-0.15, -0.1) is 0 Å². The quantitative estimate of drug-likeness (QED) is 0.790. The molecule has 1 aromatic heterocycles. The van der Waals surface area contributed by atoms with Gasteiger partial charge in [-0.05, 0) is 19.4 Å². The van der Waals surface area contributed by atoms with Crippen LogP contribution in [-0.2, 0) is 4.79 Å². The van der Waals surface area contributed by atoms with Gasteiger partial charge in [-0.25, -0.2) is 0 Å². The summed E-state index contributed by atoms with van der Waals surface area (Å²) in [5, 5.41) is 9.09. The van der Waals surface area contributed by atoms with Crippen LogP contribution < -0.4 is 5.56 Å². The van der Waals surface area contributed by atoms with E-state index >= 15 is 0 Å². The van der Waals surface area contributed by atoms with Crippen LogP contribution in [0, 0.1) is 5.41 Å². The Morgan fingerprint density at radius 1 is 1.44 bits per heavy atom. The molecule has 1 saturated heterocycles. The number of rotatable bonds is 2. The molecule has 2 N–H and O–H groups in total. The maximum Gasteiger partial charge on any atom is 0.311 e. The first kappa shape index (κ1) is 12.3. The SMILES string of the molecule is CC1(C(=O)O)CCN(C(=O)c2cccc(=O)[nH]2)C1. The Kier molecular flexibility index (Phi) is 2.94. The topological polar surface area (TPSA) is 90.5 Å². The smallest absolute Gasteiger partial charge is 0.311 e. The fraction of sp³-hybridized carbons (Fsp3) is 0.417. The Hall–Kier alpha value is -2.11. The lowest BCUT2D eigenvalue weighted by molar-refractivity contribution is -0.147. The molecule has 0 aromatic carbocycles. The third-order valence-corrected chi connectivity index (χ3v) is 3.28. The first-order chi connectivity index (χ1) is 8.42. The molecule has 6 nitrogen and oxygen atoms in total. The maximum absolute atomic E-state index is 12.1. The summed E-state index contributed by atoms with van der Waals surface area (Å²) in [6.45, 7) is 2.17. The van der Waals surface area contributed by atoms with E-state index in [-0.39, 0.29) is 23.7 Å². The molecule has 0 bridgehead atoms. The Balaban J connectivity index is 2.18. The van der Waals surface area contributed by atoms with Crippen LogP contribution in [0.2, 0.25) is 0 Å². The summed E-state index contributed by atoms with van der Waals surface area (Å²) >= 11 is 0. The highest BCUT2D eigenvalue weighted by molar-refractivity contribution is 5.93. The molecule has 6 heteroatoms. The molecule has 96 valence electrons. The zero-order chi connectivity index (χ0) is 13.3. The van der Waals surface area contributed by atoms with Crippen LogP contribution in [0.5, 0.6) is 0 Å². The van der Waals surface area contributed by atoms with Gasteiger partial charge in [-0.2, -0.15) is 0 Å². The van der Waals surface area contributed by atoms with Gasteiger partial charge < -0.3 is 15.0 Å². The summed E-state index contributed by atoms with van der Waals surface area (Å²) in [6, 6.07) is 4.33. The van der Waals surface area contributed by atoms with Gasteiger partial charge in [0.25, 0.3) is 5.91 Å². The van der Waals surface area contributed by atoms with Gasteiger partial charge in [-0.3, -0.25) is 14.4 Å². The van der Waals surface area contributed by atoms with Gasteiger partial charge in [0.1, 0.15) is 5.69 Å². The number of carbonyl (C=O) groups excluding carboxylic acids is 1. The fourth-order valence-corrected chi connectivity index (χ4v) is 2.05. The highest BCUT2D eigenvalue weighted by atomic mass is 16.4. The number of nitrogens with zero attached hydrogens (tertiary/aromatic N) is 1. The molecule has 1 aliphatic heterocycles. The van der Waals surface area contributed by atoms with Crippen molar-refractivity contribution in [1.29, 1.82) is 0 Å². The molecule has 2 heterocycles. The molecule has 1 amide bonds. The Morgan fingerprint density at radius 3 is 2.72 bits per heavy atom. The van der Waals surface area contributed by atoms with Crippen LogP contribution in [0.15, 0.2) is 23.0 Å². The van der Waals surface area contributed by atoms with Gasteiger partial charge in [0, 0.05) is 19.2 Å². The summed E-state index contributed by atoms with van der Waals surface area (Å²) in [4.78, 5) is 38.2. The van der Waals surface area contributed by atoms with E-state index in [1.165, 1.54) is 23.1 Å². The summed E-state index contributed by atoms with van der Waals surface area (Å²) in [7, 11) is 0. The number of hydrogen-bond acceptors (Lipinski definition) is 3. The first-order valence-corrected chi connectivity index (χ1v) is 5.64. The molecule has 18 heavy (non-hydrogen) atoms. The van der Waals surface area contributed by atoms with Crippen molar-refractivity contribution in [2.24, 2.45) is 5.41 Å². The number of pyridine rings is 1. The number of carboxylic acid groups (broad SMARTS) is 1. The number of H-pyrrole nitrogens is 1. The minimum Gasteiger partial charge on any atom is -0.481 e. The number of carbonyl (C=O) groups is 2. The van der Waals surface area contributed by atoms with Gasteiger partial charge in [0.15, 0.2) is 0 Å². The van der Waals surface area contributed by atoms with E-state index in [1.54, 1.807) is 6.92 Å². The largest absolute Gasteiger partial charge is 0.481 e. The van der Waals surface area contributed by atoms with E-state index in [0.29, 0.717) is 13.0 Å². The number of carboxylic acids is 1. The van der Waals surface area contributed by atoms with Crippen LogP contribution in [0.1, 0.15) is 23.8 Å². The second-order valence-electron chi connectivity index (χ2n) is 4.77. The number of likely N-dealkylation sites (tertiary alicyclic amines) is 1. The number of aromatic amines is 1. The number of aliphatic carboxylic acids is 1. The number of amides is 1. The van der Waals surface area contributed by atoms with Crippen LogP contribution in [0.25, 0.3) is 0 Å². The molecule has 0 aliphatic carbocycles. The van der Waals surface area contributed by atoms with Crippen LogP contribution >= 0.6 is 0 Å². The fourth-order valence-electron chi connectivity index (χ4n) is 2.05. The van der Waals surface area contributed by atoms with Crippen LogP contribution in [-0.4, -0.2) is 40.0 Å². The Bertz CT molecular complexity index is 551. The molecule has 1 aliphatic rings. The van der Waals surface area contributed by atoms with E-state index in [1.807, 2.05) is 0 Å². The van der Waals surface area contributed by atoms with Gasteiger partial charge in [0.2, 0.25) is 5.56 Å². The molecule has 0 radical (unpaired) electrons. The number of nitrogens with one attached hydrogen (secondary N) is 1. The third-order valence-electron chi connectivity index (χ3n) is 3.28. The second-order valence-corrected chi connectivity index (χ2v) is 4.77. The Morgan fingerprint density at radius 2 is 2.17 bits per heavy atom. The average molecular weight is 250 g/mol. The van der Waals surface area contributed by atoms with Crippen molar-refractivity contribution in [3.8, 4) is 0 Å². The third kappa shape index (κ3) is 2.13. The standard InChI is InChI=1S/C12H14N2O4/c1-12(11(17)18)5-6-14(7-12)10(16)8-3-2-4-9(15)13-8/h2-4H,5-7H2,1H3,(H,13,15)(H,17,18). The zero-order valence-electron chi connectivity index (χ0n) is 9.97. The monoisotopic (exact) mass is 250 g/mol. The predicted molar refractivity (Wildman–Crippen MR) is 63.3 cm³/mol. The lowest BCUT2D eigenvalue weighted by atomic mass is 9.90. The van der Waals surface area contributed by atoms with Gasteiger partial charge >= 0.3 is 5.97 Å². The van der Waals surface area contributed by atoms with Crippen molar-refractivity contribution < 1.29 is 14.7 Å². The molecule has 1 aromatic rings. The maximum atomic E-state index is 12.1. The summed E-state index contributed by atoms with van der Waals surface area (Å²) < 4.78 is 0. The molecule has 1 unspecified atom stereocenters. The minimum atomic E-state index is -0.903. The second kappa shape index (κ2) is 4.29. The summed E-state index contributed by atoms with van der Waals surface area (Å²) in [5.74, 6) is -1.24. The van der Waals surface area contributed by atoms with E-state index in [9.17, 15) is 14.4 Å². The molecule has 2 rings (SSSR count). The molecule has 0 spiro atoms. The van der Waals surface area contributed by atoms with Crippen molar-refractivity contribution in [3.63, 3.8) is 0 Å². The van der Waals surface area contributed by atoms with E-state index in [0.717, 1.165) is 0 Å². The van der Waals surface area contributed by atoms with Gasteiger partial charge in [-0.1, -0.05) is 6.07 Å². The highest BCUT2D eigenvalue weighted by Crippen LogP contribution is 2.30. The average Bonchev–Trinajstić information content (AvgIpc) is 2.72. The molecular weight excluding hydrogens is 236 g/mol. The summed E-state index contributed by atoms with van der Waals surface area (Å²) in [6.07, 6.45) is 0.422. The van der Waals surface area contributed by atoms with E-state index in [2.05, 4.69) is 4.98 Å². The minimum absolute atomic E-state index is 0.165. The van der Waals surface area contributed by atoms with Crippen molar-refractivity contribution >= 4 is 11.9 Å². The highest BCUT2D eigenvalue weighted by Gasteiger charge is 2.42. The normalized spacial score (nSPS) is 23.1. The molecule has 1 atom stereocenters. The molecular formula is C12H14N2O4. The van der Waals surface area contributed by atoms with Gasteiger partial charge in [0.05, 0.1) is 5.41 Å². The van der Waals surface area contributed by atoms with E-state index < -0.39 is 11.4 Å². The van der Waals surface area contributed by atoms with Crippen molar-refractivity contribution in [3.05, 3.63) is 34.2 Å². The van der Waals surface area contributed by atoms with Crippen molar-refractivity contribution in [2.75, 3.05) is 13.1 Å². The molecule has 1 fully saturated rings. The Labute approximate surface area is 103 Å². The van der Waals surface area contributed by atoms with Crippen molar-refractivity contribution in [1.82, 2.24) is 9.88 Å². The number of aromatic nitrogens is 1. The van der Waals surface area contributed by atoms with Crippen LogP contribution in [0.4, 0.5) is 0 Å². The predicted octanol–water partition coefficient (Wildman–Crippen LogP) is 0.312. The first-order valence-electron chi connectivity index (χ1n) is 5.64. The molecule has 0 saturated carbocycles. The lowest BCUT2D eigenvalue weighted by Gasteiger charge is -2.19. The van der Waals surface area contributed by atoms with Crippen LogP contribution in [0.3, 0.4) is 0 Å². The lowest BCUT2D eigenvalue weighted by Crippen LogP contribution is -2.35. The zero-order valence-corrected chi connectivity index (χ0v) is 9.97.